The Labute approximate surface area is 141 Å². The van der Waals surface area contributed by atoms with Crippen LogP contribution in [0.5, 0.6) is 0 Å². The van der Waals surface area contributed by atoms with Gasteiger partial charge in [0.15, 0.2) is 11.8 Å². The van der Waals surface area contributed by atoms with Gasteiger partial charge in [-0.3, -0.25) is 4.99 Å². The van der Waals surface area contributed by atoms with Gasteiger partial charge in [0.25, 0.3) is 0 Å². The van der Waals surface area contributed by atoms with E-state index < -0.39 is 0 Å². The number of nitrogens with zero attached hydrogens (tertiary/aromatic N) is 5. The first kappa shape index (κ1) is 16.5. The predicted molar refractivity (Wildman–Crippen MR) is 91.6 cm³/mol. The molecule has 0 saturated carbocycles. The van der Waals surface area contributed by atoms with Gasteiger partial charge in [-0.2, -0.15) is 5.10 Å². The summed E-state index contributed by atoms with van der Waals surface area (Å²) in [5, 5.41) is 11.3. The lowest BCUT2D eigenvalue weighted by molar-refractivity contribution is 0.177. The van der Waals surface area contributed by atoms with Crippen molar-refractivity contribution in [1.29, 1.82) is 0 Å². The molecule has 1 atom stereocenters. The normalized spacial score (nSPS) is 17.6. The van der Waals surface area contributed by atoms with Gasteiger partial charge >= 0.3 is 0 Å². The molecule has 0 amide bonds. The van der Waals surface area contributed by atoms with E-state index in [1.54, 1.807) is 14.2 Å². The van der Waals surface area contributed by atoms with Crippen LogP contribution in [0.4, 0.5) is 0 Å². The van der Waals surface area contributed by atoms with E-state index in [0.717, 1.165) is 43.5 Å². The molecule has 0 radical (unpaired) electrons. The maximum absolute atomic E-state index is 5.11. The summed E-state index contributed by atoms with van der Waals surface area (Å²) in [4.78, 5) is 8.82. The number of hydrogen-bond acceptors (Lipinski definition) is 4. The van der Waals surface area contributed by atoms with Gasteiger partial charge in [0.05, 0.1) is 6.54 Å². The largest absolute Gasteiger partial charge is 0.377 e. The number of ether oxygens (including phenoxy) is 1. The smallest absolute Gasteiger partial charge is 0.191 e. The Morgan fingerprint density at radius 1 is 1.50 bits per heavy atom. The van der Waals surface area contributed by atoms with E-state index in [-0.39, 0.29) is 6.04 Å². The molecule has 8 nitrogen and oxygen atoms in total. The monoisotopic (exact) mass is 331 g/mol. The first-order valence-electron chi connectivity index (χ1n) is 8.17. The Hall–Kier alpha value is -2.35. The van der Waals surface area contributed by atoms with Crippen molar-refractivity contribution < 1.29 is 4.74 Å². The molecule has 2 aromatic rings. The number of aryl methyl sites for hydroxylation is 2. The number of hydrogen-bond donors (Lipinski definition) is 2. The van der Waals surface area contributed by atoms with Crippen molar-refractivity contribution in [1.82, 2.24) is 30.0 Å². The second-order valence-corrected chi connectivity index (χ2v) is 6.05. The number of aromatic nitrogens is 4. The molecule has 2 aromatic heterocycles. The van der Waals surface area contributed by atoms with Crippen LogP contribution in [0, 0.1) is 0 Å². The van der Waals surface area contributed by atoms with E-state index >= 15 is 0 Å². The quantitative estimate of drug-likeness (QED) is 0.614. The maximum atomic E-state index is 5.11. The molecule has 0 bridgehead atoms. The van der Waals surface area contributed by atoms with Crippen LogP contribution in [0.15, 0.2) is 23.5 Å². The highest BCUT2D eigenvalue weighted by atomic mass is 16.5. The fraction of sp³-hybridized carbons (Fsp3) is 0.562. The van der Waals surface area contributed by atoms with Gasteiger partial charge in [0.2, 0.25) is 0 Å². The number of methoxy groups -OCH3 is 1. The van der Waals surface area contributed by atoms with Crippen LogP contribution < -0.4 is 10.6 Å². The first-order valence-corrected chi connectivity index (χ1v) is 8.17. The van der Waals surface area contributed by atoms with Gasteiger partial charge in [0, 0.05) is 52.6 Å². The molecule has 1 aliphatic rings. The lowest BCUT2D eigenvalue weighted by Gasteiger charge is -2.25. The molecule has 130 valence electrons. The summed E-state index contributed by atoms with van der Waals surface area (Å²) < 4.78 is 9.12. The van der Waals surface area contributed by atoms with E-state index in [1.165, 1.54) is 5.56 Å². The van der Waals surface area contributed by atoms with Crippen molar-refractivity contribution in [2.75, 3.05) is 14.2 Å². The van der Waals surface area contributed by atoms with Crippen molar-refractivity contribution in [2.45, 2.75) is 38.6 Å². The van der Waals surface area contributed by atoms with E-state index in [0.29, 0.717) is 6.61 Å². The molecule has 0 aliphatic carbocycles. The fourth-order valence-electron chi connectivity index (χ4n) is 2.91. The third-order valence-electron chi connectivity index (χ3n) is 4.09. The predicted octanol–water partition coefficient (Wildman–Crippen LogP) is 0.443. The summed E-state index contributed by atoms with van der Waals surface area (Å²) in [5.41, 5.74) is 1.23. The molecular formula is C16H25N7O. The minimum atomic E-state index is 0.288. The van der Waals surface area contributed by atoms with Crippen molar-refractivity contribution in [2.24, 2.45) is 12.0 Å². The van der Waals surface area contributed by atoms with Crippen LogP contribution in [-0.4, -0.2) is 45.5 Å². The lowest BCUT2D eigenvalue weighted by Crippen LogP contribution is -2.46. The highest BCUT2D eigenvalue weighted by Crippen LogP contribution is 2.13. The molecule has 2 N–H and O–H groups in total. The van der Waals surface area contributed by atoms with Crippen molar-refractivity contribution in [3.63, 3.8) is 0 Å². The molecule has 24 heavy (non-hydrogen) atoms. The number of rotatable bonds is 5. The molecule has 0 fully saturated rings. The standard InChI is InChI=1S/C16H25N7O/c1-17-16(18-8-12-6-7-22(2)9-12)19-13-4-5-15-20-14(11-24-3)21-23(15)10-13/h6-7,9,13H,4-5,8,10-11H2,1-3H3,(H2,17,18,19). The summed E-state index contributed by atoms with van der Waals surface area (Å²) >= 11 is 0. The van der Waals surface area contributed by atoms with Gasteiger partial charge in [-0.1, -0.05) is 0 Å². The van der Waals surface area contributed by atoms with Crippen molar-refractivity contribution in [3.8, 4) is 0 Å². The number of fused-ring (bicyclic) bond motifs is 1. The average Bonchev–Trinajstić information content (AvgIpc) is 3.16. The van der Waals surface area contributed by atoms with Gasteiger partial charge in [-0.05, 0) is 18.1 Å². The Kier molecular flexibility index (Phi) is 5.14. The summed E-state index contributed by atoms with van der Waals surface area (Å²) in [6.07, 6.45) is 6.05. The molecule has 3 rings (SSSR count). The highest BCUT2D eigenvalue weighted by molar-refractivity contribution is 5.79. The zero-order chi connectivity index (χ0) is 16.9. The van der Waals surface area contributed by atoms with E-state index in [2.05, 4.69) is 38.0 Å². The second kappa shape index (κ2) is 7.48. The SMILES string of the molecule is CN=C(NCc1ccn(C)c1)NC1CCc2nc(COC)nn2C1. The maximum Gasteiger partial charge on any atom is 0.191 e. The Bertz CT molecular complexity index is 703. The van der Waals surface area contributed by atoms with Crippen molar-refractivity contribution in [3.05, 3.63) is 35.7 Å². The molecule has 1 unspecified atom stereocenters. The van der Waals surface area contributed by atoms with Crippen molar-refractivity contribution >= 4 is 5.96 Å². The Morgan fingerprint density at radius 3 is 3.08 bits per heavy atom. The van der Waals surface area contributed by atoms with Crippen LogP contribution in [0.3, 0.4) is 0 Å². The average molecular weight is 331 g/mol. The first-order chi connectivity index (χ1) is 11.7. The molecule has 0 saturated heterocycles. The summed E-state index contributed by atoms with van der Waals surface area (Å²) in [6, 6.07) is 2.39. The zero-order valence-electron chi connectivity index (χ0n) is 14.5. The minimum absolute atomic E-state index is 0.288. The van der Waals surface area contributed by atoms with Gasteiger partial charge in [-0.15, -0.1) is 0 Å². The molecule has 0 spiro atoms. The van der Waals surface area contributed by atoms with Crippen LogP contribution in [0.25, 0.3) is 0 Å². The third-order valence-corrected chi connectivity index (χ3v) is 4.09. The van der Waals surface area contributed by atoms with Crippen LogP contribution in [0.1, 0.15) is 23.6 Å². The van der Waals surface area contributed by atoms with Gasteiger partial charge in [-0.25, -0.2) is 9.67 Å². The summed E-state index contributed by atoms with van der Waals surface area (Å²) in [7, 11) is 5.47. The Balaban J connectivity index is 1.54. The van der Waals surface area contributed by atoms with Gasteiger partial charge < -0.3 is 19.9 Å². The minimum Gasteiger partial charge on any atom is -0.377 e. The van der Waals surface area contributed by atoms with Crippen LogP contribution in [-0.2, 0) is 37.9 Å². The highest BCUT2D eigenvalue weighted by Gasteiger charge is 2.22. The number of guanidine groups is 1. The van der Waals surface area contributed by atoms with Crippen LogP contribution >= 0.6 is 0 Å². The zero-order valence-corrected chi connectivity index (χ0v) is 14.5. The van der Waals surface area contributed by atoms with Gasteiger partial charge in [0.1, 0.15) is 12.4 Å². The lowest BCUT2D eigenvalue weighted by atomic mass is 10.1. The molecule has 3 heterocycles. The van der Waals surface area contributed by atoms with E-state index in [1.807, 2.05) is 22.5 Å². The fourth-order valence-corrected chi connectivity index (χ4v) is 2.91. The van der Waals surface area contributed by atoms with E-state index in [4.69, 9.17) is 4.74 Å². The molecule has 0 aromatic carbocycles. The Morgan fingerprint density at radius 2 is 2.38 bits per heavy atom. The van der Waals surface area contributed by atoms with E-state index in [9.17, 15) is 0 Å². The summed E-state index contributed by atoms with van der Waals surface area (Å²) in [6.45, 7) is 2.00. The van der Waals surface area contributed by atoms with Crippen LogP contribution in [0.2, 0.25) is 0 Å². The topological polar surface area (TPSA) is 81.3 Å². The number of nitrogens with one attached hydrogen (secondary N) is 2. The third kappa shape index (κ3) is 3.94. The second-order valence-electron chi connectivity index (χ2n) is 6.05. The molecule has 8 heteroatoms. The molecular weight excluding hydrogens is 306 g/mol. The molecule has 1 aliphatic heterocycles. The number of aliphatic imine (C=N–C) groups is 1. The summed E-state index contributed by atoms with van der Waals surface area (Å²) in [5.74, 6) is 2.59.